The molecule has 0 spiro atoms. The number of oxime groups is 1. The quantitative estimate of drug-likeness (QED) is 0.246. The van der Waals surface area contributed by atoms with Crippen LogP contribution in [0.1, 0.15) is 43.2 Å². The molecule has 0 saturated heterocycles. The highest BCUT2D eigenvalue weighted by Crippen LogP contribution is 2.26. The van der Waals surface area contributed by atoms with E-state index in [4.69, 9.17) is 10.9 Å². The average molecular weight is 279 g/mol. The van der Waals surface area contributed by atoms with Gasteiger partial charge in [0.25, 0.3) is 0 Å². The van der Waals surface area contributed by atoms with E-state index >= 15 is 0 Å². The monoisotopic (exact) mass is 279 g/mol. The third-order valence-corrected chi connectivity index (χ3v) is 3.98. The normalized spacial score (nSPS) is 16.8. The number of hydrogen-bond donors (Lipinski definition) is 3. The summed E-state index contributed by atoms with van der Waals surface area (Å²) in [5.74, 6) is 0.210. The number of nitrogens with two attached hydrogens (primary N) is 1. The Labute approximate surface area is 118 Å². The van der Waals surface area contributed by atoms with E-state index in [1.807, 2.05) is 0 Å². The fourth-order valence-electron chi connectivity index (χ4n) is 2.80. The van der Waals surface area contributed by atoms with Crippen molar-refractivity contribution in [3.8, 4) is 0 Å². The Morgan fingerprint density at radius 2 is 2.15 bits per heavy atom. The van der Waals surface area contributed by atoms with Crippen LogP contribution in [0.4, 0.5) is 4.39 Å². The van der Waals surface area contributed by atoms with Crippen LogP contribution in [-0.4, -0.2) is 17.6 Å². The second-order valence-electron chi connectivity index (χ2n) is 5.38. The fraction of sp³-hybridized carbons (Fsp3) is 0.533. The summed E-state index contributed by atoms with van der Waals surface area (Å²) in [6, 6.07) is 4.93. The molecule has 4 nitrogen and oxygen atoms in total. The maximum atomic E-state index is 14.1. The lowest BCUT2D eigenvalue weighted by Gasteiger charge is -2.11. The first-order valence-electron chi connectivity index (χ1n) is 7.18. The molecule has 1 aliphatic rings. The molecule has 0 unspecified atom stereocenters. The van der Waals surface area contributed by atoms with E-state index in [1.54, 1.807) is 12.1 Å². The van der Waals surface area contributed by atoms with Crippen LogP contribution in [0.3, 0.4) is 0 Å². The Balaban J connectivity index is 1.86. The van der Waals surface area contributed by atoms with Crippen molar-refractivity contribution in [3.05, 3.63) is 35.1 Å². The Morgan fingerprint density at radius 3 is 2.85 bits per heavy atom. The number of halogens is 1. The van der Waals surface area contributed by atoms with Crippen LogP contribution in [0.25, 0.3) is 0 Å². The predicted molar refractivity (Wildman–Crippen MR) is 77.2 cm³/mol. The highest BCUT2D eigenvalue weighted by molar-refractivity contribution is 5.97. The second-order valence-corrected chi connectivity index (χ2v) is 5.38. The topological polar surface area (TPSA) is 70.6 Å². The summed E-state index contributed by atoms with van der Waals surface area (Å²) in [6.45, 7) is 1.36. The second kappa shape index (κ2) is 7.24. The summed E-state index contributed by atoms with van der Waals surface area (Å²) < 4.78 is 14.1. The van der Waals surface area contributed by atoms with Crippen LogP contribution in [-0.2, 0) is 6.54 Å². The molecule has 0 bridgehead atoms. The molecule has 1 saturated carbocycles. The van der Waals surface area contributed by atoms with E-state index < -0.39 is 5.82 Å². The molecule has 0 aliphatic heterocycles. The third-order valence-electron chi connectivity index (χ3n) is 3.98. The predicted octanol–water partition coefficient (Wildman–Crippen LogP) is 2.59. The van der Waals surface area contributed by atoms with Gasteiger partial charge in [0.15, 0.2) is 5.84 Å². The molecule has 0 atom stereocenters. The maximum Gasteiger partial charge on any atom is 0.173 e. The molecule has 0 heterocycles. The van der Waals surface area contributed by atoms with Gasteiger partial charge in [-0.1, -0.05) is 43.0 Å². The number of benzene rings is 1. The minimum absolute atomic E-state index is 0.141. The van der Waals surface area contributed by atoms with E-state index in [9.17, 15) is 4.39 Å². The SMILES string of the molecule is N/C(=N/O)c1cccc(CNCCC2CCCC2)c1F. The van der Waals surface area contributed by atoms with Gasteiger partial charge < -0.3 is 16.3 Å². The number of rotatable bonds is 6. The van der Waals surface area contributed by atoms with E-state index in [1.165, 1.54) is 31.7 Å². The van der Waals surface area contributed by atoms with Gasteiger partial charge >= 0.3 is 0 Å². The summed E-state index contributed by atoms with van der Waals surface area (Å²) in [6.07, 6.45) is 6.51. The van der Waals surface area contributed by atoms with Crippen molar-refractivity contribution in [3.63, 3.8) is 0 Å². The lowest BCUT2D eigenvalue weighted by Crippen LogP contribution is -2.20. The molecule has 0 aromatic heterocycles. The molecule has 110 valence electrons. The van der Waals surface area contributed by atoms with Gasteiger partial charge in [0.1, 0.15) is 5.82 Å². The zero-order chi connectivity index (χ0) is 14.4. The molecular weight excluding hydrogens is 257 g/mol. The summed E-state index contributed by atoms with van der Waals surface area (Å²) >= 11 is 0. The molecular formula is C15H22FN3O. The lowest BCUT2D eigenvalue weighted by atomic mass is 10.0. The van der Waals surface area contributed by atoms with Crippen molar-refractivity contribution in [1.82, 2.24) is 5.32 Å². The van der Waals surface area contributed by atoms with Crippen LogP contribution in [0.5, 0.6) is 0 Å². The van der Waals surface area contributed by atoms with Gasteiger partial charge in [0.05, 0.1) is 5.56 Å². The summed E-state index contributed by atoms with van der Waals surface area (Å²) in [5.41, 5.74) is 6.12. The number of nitrogens with zero attached hydrogens (tertiary/aromatic N) is 1. The van der Waals surface area contributed by atoms with E-state index in [-0.39, 0.29) is 11.4 Å². The van der Waals surface area contributed by atoms with Crippen LogP contribution in [0.15, 0.2) is 23.4 Å². The number of nitrogens with one attached hydrogen (secondary N) is 1. The van der Waals surface area contributed by atoms with Gasteiger partial charge in [-0.15, -0.1) is 0 Å². The first-order chi connectivity index (χ1) is 9.72. The van der Waals surface area contributed by atoms with E-state index in [0.717, 1.165) is 18.9 Å². The molecule has 20 heavy (non-hydrogen) atoms. The van der Waals surface area contributed by atoms with Crippen LogP contribution >= 0.6 is 0 Å². The third kappa shape index (κ3) is 3.70. The summed E-state index contributed by atoms with van der Waals surface area (Å²) in [4.78, 5) is 0. The Bertz CT molecular complexity index is 470. The molecule has 4 N–H and O–H groups in total. The number of hydrogen-bond acceptors (Lipinski definition) is 3. The summed E-state index contributed by atoms with van der Waals surface area (Å²) in [5, 5.41) is 14.7. The van der Waals surface area contributed by atoms with Gasteiger partial charge in [-0.2, -0.15) is 0 Å². The van der Waals surface area contributed by atoms with Crippen molar-refractivity contribution >= 4 is 5.84 Å². The average Bonchev–Trinajstić information content (AvgIpc) is 2.97. The zero-order valence-electron chi connectivity index (χ0n) is 11.6. The zero-order valence-corrected chi connectivity index (χ0v) is 11.6. The van der Waals surface area contributed by atoms with Gasteiger partial charge in [-0.3, -0.25) is 0 Å². The fourth-order valence-corrected chi connectivity index (χ4v) is 2.80. The van der Waals surface area contributed by atoms with E-state index in [0.29, 0.717) is 12.1 Å². The van der Waals surface area contributed by atoms with Crippen molar-refractivity contribution in [2.24, 2.45) is 16.8 Å². The first kappa shape index (κ1) is 14.8. The van der Waals surface area contributed by atoms with Gasteiger partial charge in [0.2, 0.25) is 0 Å². The van der Waals surface area contributed by atoms with Gasteiger partial charge in [-0.25, -0.2) is 4.39 Å². The Kier molecular flexibility index (Phi) is 5.35. The van der Waals surface area contributed by atoms with Crippen LogP contribution in [0.2, 0.25) is 0 Å². The minimum Gasteiger partial charge on any atom is -0.409 e. The molecule has 5 heteroatoms. The van der Waals surface area contributed by atoms with Crippen LogP contribution < -0.4 is 11.1 Å². The van der Waals surface area contributed by atoms with Crippen molar-refractivity contribution in [2.45, 2.75) is 38.6 Å². The molecule has 1 aliphatic carbocycles. The lowest BCUT2D eigenvalue weighted by molar-refractivity contribution is 0.318. The largest absolute Gasteiger partial charge is 0.409 e. The Hall–Kier alpha value is -1.62. The smallest absolute Gasteiger partial charge is 0.173 e. The Morgan fingerprint density at radius 1 is 1.40 bits per heavy atom. The number of amidine groups is 1. The van der Waals surface area contributed by atoms with Crippen molar-refractivity contribution in [2.75, 3.05) is 6.54 Å². The van der Waals surface area contributed by atoms with Crippen LogP contribution in [0, 0.1) is 11.7 Å². The molecule has 0 amide bonds. The highest BCUT2D eigenvalue weighted by Gasteiger charge is 2.14. The molecule has 1 aromatic rings. The maximum absolute atomic E-state index is 14.1. The van der Waals surface area contributed by atoms with Gasteiger partial charge in [-0.05, 0) is 24.9 Å². The standard InChI is InChI=1S/C15H22FN3O/c16-14-12(6-3-7-13(14)15(17)19-20)10-18-9-8-11-4-1-2-5-11/h3,6-7,11,18,20H,1-2,4-5,8-10H2,(H2,17,19). The summed E-state index contributed by atoms with van der Waals surface area (Å²) in [7, 11) is 0. The molecule has 1 fully saturated rings. The van der Waals surface area contributed by atoms with Crippen molar-refractivity contribution < 1.29 is 9.60 Å². The molecule has 1 aromatic carbocycles. The molecule has 2 rings (SSSR count). The van der Waals surface area contributed by atoms with Gasteiger partial charge in [0, 0.05) is 12.1 Å². The van der Waals surface area contributed by atoms with E-state index in [2.05, 4.69) is 10.5 Å². The minimum atomic E-state index is -0.420. The van der Waals surface area contributed by atoms with Crippen molar-refractivity contribution in [1.29, 1.82) is 0 Å². The molecule has 0 radical (unpaired) electrons. The highest BCUT2D eigenvalue weighted by atomic mass is 19.1. The first-order valence-corrected chi connectivity index (χ1v) is 7.18.